The third kappa shape index (κ3) is 24.3. The standard InChI is InChI=1S/2C7H16N2/c2*1-6(2)5-8-9-7(3)4/h2*5-7,9H,1-4H3. The molecule has 18 heavy (non-hydrogen) atoms. The normalized spacial score (nSPS) is 11.8. The molecular formula is C14H32N4. The molecule has 0 fully saturated rings. The Morgan fingerprint density at radius 3 is 1.06 bits per heavy atom. The molecule has 2 N–H and O–H groups in total. The Bertz CT molecular complexity index is 194. The molecule has 0 aromatic carbocycles. The Hall–Kier alpha value is -1.06. The molecule has 0 aliphatic rings. The summed E-state index contributed by atoms with van der Waals surface area (Å²) in [6.45, 7) is 16.7. The maximum absolute atomic E-state index is 4.00. The van der Waals surface area contributed by atoms with Crippen molar-refractivity contribution in [3.63, 3.8) is 0 Å². The second-order valence-electron chi connectivity index (χ2n) is 5.61. The maximum atomic E-state index is 4.00. The van der Waals surface area contributed by atoms with Crippen molar-refractivity contribution in [1.82, 2.24) is 10.9 Å². The second-order valence-corrected chi connectivity index (χ2v) is 5.61. The van der Waals surface area contributed by atoms with E-state index in [9.17, 15) is 0 Å². The van der Waals surface area contributed by atoms with E-state index in [1.54, 1.807) is 0 Å². The molecule has 0 atom stereocenters. The van der Waals surface area contributed by atoms with Gasteiger partial charge in [0.1, 0.15) is 0 Å². The molecule has 0 rings (SSSR count). The van der Waals surface area contributed by atoms with Gasteiger partial charge in [-0.15, -0.1) is 0 Å². The molecule has 0 amide bonds. The lowest BCUT2D eigenvalue weighted by Gasteiger charge is -2.02. The monoisotopic (exact) mass is 256 g/mol. The first-order chi connectivity index (χ1) is 8.25. The quantitative estimate of drug-likeness (QED) is 0.566. The molecule has 0 saturated carbocycles. The van der Waals surface area contributed by atoms with Crippen LogP contribution in [0.1, 0.15) is 55.4 Å². The highest BCUT2D eigenvalue weighted by Crippen LogP contribution is 1.84. The first-order valence-electron chi connectivity index (χ1n) is 6.83. The zero-order valence-corrected chi connectivity index (χ0v) is 13.4. The van der Waals surface area contributed by atoms with Crippen LogP contribution in [-0.2, 0) is 0 Å². The zero-order valence-electron chi connectivity index (χ0n) is 13.4. The third-order valence-corrected chi connectivity index (χ3v) is 1.41. The summed E-state index contributed by atoms with van der Waals surface area (Å²) >= 11 is 0. The molecule has 0 saturated heterocycles. The first-order valence-corrected chi connectivity index (χ1v) is 6.83. The van der Waals surface area contributed by atoms with Crippen LogP contribution in [0.25, 0.3) is 0 Å². The highest BCUT2D eigenvalue weighted by molar-refractivity contribution is 5.59. The predicted octanol–water partition coefficient (Wildman–Crippen LogP) is 3.25. The summed E-state index contributed by atoms with van der Waals surface area (Å²) in [5.74, 6) is 1.08. The van der Waals surface area contributed by atoms with Crippen LogP contribution >= 0.6 is 0 Å². The van der Waals surface area contributed by atoms with Crippen molar-refractivity contribution in [1.29, 1.82) is 0 Å². The van der Waals surface area contributed by atoms with Crippen molar-refractivity contribution >= 4 is 12.4 Å². The van der Waals surface area contributed by atoms with E-state index in [2.05, 4.69) is 76.4 Å². The van der Waals surface area contributed by atoms with Gasteiger partial charge in [0.2, 0.25) is 0 Å². The van der Waals surface area contributed by atoms with Crippen LogP contribution in [0.5, 0.6) is 0 Å². The number of nitrogens with one attached hydrogen (secondary N) is 2. The van der Waals surface area contributed by atoms with Gasteiger partial charge in [-0.05, 0) is 39.5 Å². The summed E-state index contributed by atoms with van der Waals surface area (Å²) in [5, 5.41) is 7.99. The molecule has 0 bridgehead atoms. The van der Waals surface area contributed by atoms with Crippen LogP contribution in [0.15, 0.2) is 10.2 Å². The van der Waals surface area contributed by atoms with Crippen molar-refractivity contribution < 1.29 is 0 Å². The van der Waals surface area contributed by atoms with Gasteiger partial charge in [0, 0.05) is 24.5 Å². The van der Waals surface area contributed by atoms with Crippen molar-refractivity contribution in [2.45, 2.75) is 67.5 Å². The van der Waals surface area contributed by atoms with E-state index >= 15 is 0 Å². The molecule has 108 valence electrons. The third-order valence-electron chi connectivity index (χ3n) is 1.41. The van der Waals surface area contributed by atoms with Gasteiger partial charge in [-0.25, -0.2) is 0 Å². The van der Waals surface area contributed by atoms with E-state index in [0.29, 0.717) is 23.9 Å². The smallest absolute Gasteiger partial charge is 0.0383 e. The van der Waals surface area contributed by atoms with Gasteiger partial charge >= 0.3 is 0 Å². The van der Waals surface area contributed by atoms with Crippen LogP contribution in [-0.4, -0.2) is 24.5 Å². The molecule has 0 radical (unpaired) electrons. The van der Waals surface area contributed by atoms with Gasteiger partial charge in [-0.1, -0.05) is 27.7 Å². The molecule has 0 spiro atoms. The number of hydrazone groups is 2. The van der Waals surface area contributed by atoms with Crippen LogP contribution in [0, 0.1) is 11.8 Å². The molecular weight excluding hydrogens is 224 g/mol. The van der Waals surface area contributed by atoms with Gasteiger partial charge < -0.3 is 10.9 Å². The molecule has 4 heteroatoms. The summed E-state index contributed by atoms with van der Waals surface area (Å²) in [4.78, 5) is 0. The summed E-state index contributed by atoms with van der Waals surface area (Å²) < 4.78 is 0. The van der Waals surface area contributed by atoms with Crippen LogP contribution < -0.4 is 10.9 Å². The second kappa shape index (κ2) is 12.4. The van der Waals surface area contributed by atoms with Gasteiger partial charge in [0.25, 0.3) is 0 Å². The number of hydrogen-bond donors (Lipinski definition) is 2. The Morgan fingerprint density at radius 2 is 0.889 bits per heavy atom. The lowest BCUT2D eigenvalue weighted by Crippen LogP contribution is -2.16. The fourth-order valence-corrected chi connectivity index (χ4v) is 0.682. The van der Waals surface area contributed by atoms with Gasteiger partial charge in [0.05, 0.1) is 0 Å². The van der Waals surface area contributed by atoms with Crippen molar-refractivity contribution in [2.24, 2.45) is 22.0 Å². The van der Waals surface area contributed by atoms with Gasteiger partial charge in [-0.2, -0.15) is 10.2 Å². The van der Waals surface area contributed by atoms with Crippen LogP contribution in [0.2, 0.25) is 0 Å². The largest absolute Gasteiger partial charge is 0.308 e. The average molecular weight is 256 g/mol. The Morgan fingerprint density at radius 1 is 0.611 bits per heavy atom. The topological polar surface area (TPSA) is 48.8 Å². The Labute approximate surface area is 113 Å². The predicted molar refractivity (Wildman–Crippen MR) is 83.2 cm³/mol. The lowest BCUT2D eigenvalue weighted by molar-refractivity contribution is 0.618. The molecule has 0 heterocycles. The molecule has 0 aliphatic carbocycles. The van der Waals surface area contributed by atoms with E-state index in [1.807, 2.05) is 12.4 Å². The van der Waals surface area contributed by atoms with E-state index < -0.39 is 0 Å². The van der Waals surface area contributed by atoms with E-state index in [0.717, 1.165) is 0 Å². The summed E-state index contributed by atoms with van der Waals surface area (Å²) in [5.41, 5.74) is 5.89. The van der Waals surface area contributed by atoms with Crippen LogP contribution in [0.4, 0.5) is 0 Å². The fourth-order valence-electron chi connectivity index (χ4n) is 0.682. The summed E-state index contributed by atoms with van der Waals surface area (Å²) in [6.07, 6.45) is 3.81. The van der Waals surface area contributed by atoms with Gasteiger partial charge in [-0.3, -0.25) is 0 Å². The molecule has 0 unspecified atom stereocenters. The highest BCUT2D eigenvalue weighted by Gasteiger charge is 1.86. The number of hydrogen-bond acceptors (Lipinski definition) is 4. The van der Waals surface area contributed by atoms with E-state index in [-0.39, 0.29) is 0 Å². The minimum Gasteiger partial charge on any atom is -0.308 e. The lowest BCUT2D eigenvalue weighted by atomic mass is 10.3. The molecule has 0 aromatic heterocycles. The number of nitrogens with zero attached hydrogens (tertiary/aromatic N) is 2. The van der Waals surface area contributed by atoms with Crippen molar-refractivity contribution in [2.75, 3.05) is 0 Å². The van der Waals surface area contributed by atoms with Crippen molar-refractivity contribution in [3.05, 3.63) is 0 Å². The van der Waals surface area contributed by atoms with Gasteiger partial charge in [0.15, 0.2) is 0 Å². The SMILES string of the molecule is CC(C)C=NNC(C)C.CC(C)C=NNC(C)C. The first kappa shape index (κ1) is 19.3. The summed E-state index contributed by atoms with van der Waals surface area (Å²) in [7, 11) is 0. The Kier molecular flexibility index (Phi) is 13.3. The summed E-state index contributed by atoms with van der Waals surface area (Å²) in [6, 6.07) is 0.889. The maximum Gasteiger partial charge on any atom is 0.0383 e. The molecule has 0 aromatic rings. The fraction of sp³-hybridized carbons (Fsp3) is 0.857. The van der Waals surface area contributed by atoms with Crippen molar-refractivity contribution in [3.8, 4) is 0 Å². The zero-order chi connectivity index (χ0) is 14.6. The molecule has 4 nitrogen and oxygen atoms in total. The highest BCUT2D eigenvalue weighted by atomic mass is 15.3. The average Bonchev–Trinajstić information content (AvgIpc) is 2.15. The van der Waals surface area contributed by atoms with E-state index in [4.69, 9.17) is 0 Å². The minimum absolute atomic E-state index is 0.444. The number of rotatable bonds is 6. The van der Waals surface area contributed by atoms with Crippen LogP contribution in [0.3, 0.4) is 0 Å². The minimum atomic E-state index is 0.444. The molecule has 0 aliphatic heterocycles. The Balaban J connectivity index is 0. The van der Waals surface area contributed by atoms with E-state index in [1.165, 1.54) is 0 Å².